The topological polar surface area (TPSA) is 93.9 Å². The molecule has 0 aliphatic carbocycles. The Labute approximate surface area is 170 Å². The lowest BCUT2D eigenvalue weighted by molar-refractivity contribution is -0.918. The zero-order valence-electron chi connectivity index (χ0n) is 16.5. The Morgan fingerprint density at radius 2 is 1.83 bits per heavy atom. The van der Waals surface area contributed by atoms with Crippen LogP contribution in [-0.2, 0) is 16.6 Å². The summed E-state index contributed by atoms with van der Waals surface area (Å²) in [5.74, 6) is 1.79. The summed E-state index contributed by atoms with van der Waals surface area (Å²) >= 11 is 0. The minimum absolute atomic E-state index is 0.352. The normalized spacial score (nSPS) is 16.5. The minimum Gasteiger partial charge on any atom is -0.459 e. The molecule has 0 saturated carbocycles. The highest BCUT2D eigenvalue weighted by atomic mass is 32.2. The molecule has 8 nitrogen and oxygen atoms in total. The second-order valence-electron chi connectivity index (χ2n) is 7.53. The van der Waals surface area contributed by atoms with Crippen molar-refractivity contribution in [1.82, 2.24) is 14.5 Å². The summed E-state index contributed by atoms with van der Waals surface area (Å²) in [5.41, 5.74) is 1.13. The van der Waals surface area contributed by atoms with Gasteiger partial charge in [-0.3, -0.25) is 0 Å². The van der Waals surface area contributed by atoms with Crippen LogP contribution in [0.2, 0.25) is 0 Å². The molecule has 1 fully saturated rings. The van der Waals surface area contributed by atoms with Crippen molar-refractivity contribution in [2.45, 2.75) is 31.2 Å². The SMILES string of the molecule is CC(C)c1ccc(S(=O)(=O)N2CC[NH+](Cc3nnc(-c4ccco4)o3)CC2)cc1. The predicted octanol–water partition coefficient (Wildman–Crippen LogP) is 1.54. The summed E-state index contributed by atoms with van der Waals surface area (Å²) in [6.07, 6.45) is 1.56. The lowest BCUT2D eigenvalue weighted by atomic mass is 10.0. The summed E-state index contributed by atoms with van der Waals surface area (Å²) < 4.78 is 38.3. The fourth-order valence-electron chi connectivity index (χ4n) is 3.43. The van der Waals surface area contributed by atoms with E-state index in [-0.39, 0.29) is 0 Å². The van der Waals surface area contributed by atoms with Crippen molar-refractivity contribution in [3.05, 3.63) is 54.1 Å². The van der Waals surface area contributed by atoms with Gasteiger partial charge in [-0.15, -0.1) is 10.2 Å². The second-order valence-corrected chi connectivity index (χ2v) is 9.47. The second kappa shape index (κ2) is 8.10. The van der Waals surface area contributed by atoms with Crippen LogP contribution in [0.15, 0.2) is 56.4 Å². The Balaban J connectivity index is 1.36. The van der Waals surface area contributed by atoms with E-state index < -0.39 is 10.0 Å². The van der Waals surface area contributed by atoms with Crippen molar-refractivity contribution in [2.75, 3.05) is 26.2 Å². The monoisotopic (exact) mass is 417 g/mol. The maximum atomic E-state index is 12.9. The van der Waals surface area contributed by atoms with Crippen LogP contribution >= 0.6 is 0 Å². The highest BCUT2D eigenvalue weighted by Gasteiger charge is 2.31. The van der Waals surface area contributed by atoms with Gasteiger partial charge in [0, 0.05) is 0 Å². The van der Waals surface area contributed by atoms with Gasteiger partial charge in [-0.1, -0.05) is 26.0 Å². The number of quaternary nitrogens is 1. The van der Waals surface area contributed by atoms with Crippen LogP contribution in [0.3, 0.4) is 0 Å². The summed E-state index contributed by atoms with van der Waals surface area (Å²) in [7, 11) is -3.47. The van der Waals surface area contributed by atoms with Gasteiger partial charge in [0.1, 0.15) is 0 Å². The molecule has 29 heavy (non-hydrogen) atoms. The number of nitrogens with zero attached hydrogens (tertiary/aromatic N) is 3. The zero-order valence-corrected chi connectivity index (χ0v) is 17.4. The van der Waals surface area contributed by atoms with E-state index in [4.69, 9.17) is 8.83 Å². The zero-order chi connectivity index (χ0) is 20.4. The fraction of sp³-hybridized carbons (Fsp3) is 0.400. The average molecular weight is 418 g/mol. The molecule has 4 rings (SSSR count). The molecule has 0 bridgehead atoms. The standard InChI is InChI=1S/C20H24N4O4S/c1-15(2)16-5-7-17(8-6-16)29(25,26)24-11-9-23(10-12-24)14-19-21-22-20(28-19)18-4-3-13-27-18/h3-8,13,15H,9-12,14H2,1-2H3/p+1. The third-order valence-corrected chi connectivity index (χ3v) is 7.13. The first kappa shape index (κ1) is 19.8. The fourth-order valence-corrected chi connectivity index (χ4v) is 4.87. The van der Waals surface area contributed by atoms with Crippen molar-refractivity contribution in [2.24, 2.45) is 0 Å². The largest absolute Gasteiger partial charge is 0.459 e. The highest BCUT2D eigenvalue weighted by Crippen LogP contribution is 2.20. The molecule has 0 radical (unpaired) electrons. The average Bonchev–Trinajstić information content (AvgIpc) is 3.40. The van der Waals surface area contributed by atoms with Crippen molar-refractivity contribution < 1.29 is 22.2 Å². The van der Waals surface area contributed by atoms with Gasteiger partial charge in [0.2, 0.25) is 10.0 Å². The van der Waals surface area contributed by atoms with Gasteiger partial charge in [0.25, 0.3) is 11.8 Å². The minimum atomic E-state index is -3.47. The molecule has 1 aliphatic rings. The number of benzene rings is 1. The first-order valence-corrected chi connectivity index (χ1v) is 11.2. The van der Waals surface area contributed by atoms with E-state index in [1.165, 1.54) is 4.90 Å². The van der Waals surface area contributed by atoms with Crippen LogP contribution in [0, 0.1) is 0 Å². The van der Waals surface area contributed by atoms with E-state index in [0.29, 0.717) is 61.1 Å². The lowest BCUT2D eigenvalue weighted by Gasteiger charge is -2.30. The molecule has 0 spiro atoms. The summed E-state index contributed by atoms with van der Waals surface area (Å²) in [6, 6.07) is 10.7. The smallest absolute Gasteiger partial charge is 0.283 e. The summed E-state index contributed by atoms with van der Waals surface area (Å²) in [5, 5.41) is 8.08. The first-order valence-electron chi connectivity index (χ1n) is 9.73. The van der Waals surface area contributed by atoms with Gasteiger partial charge in [0.05, 0.1) is 37.3 Å². The Bertz CT molecular complexity index is 1030. The van der Waals surface area contributed by atoms with Crippen LogP contribution < -0.4 is 4.90 Å². The Kier molecular flexibility index (Phi) is 5.53. The van der Waals surface area contributed by atoms with E-state index in [1.54, 1.807) is 34.8 Å². The predicted molar refractivity (Wildman–Crippen MR) is 106 cm³/mol. The molecule has 1 saturated heterocycles. The number of piperazine rings is 1. The molecule has 0 amide bonds. The molecule has 3 aromatic rings. The number of rotatable bonds is 6. The number of aromatic nitrogens is 2. The maximum absolute atomic E-state index is 12.9. The first-order chi connectivity index (χ1) is 13.9. The van der Waals surface area contributed by atoms with Crippen LogP contribution in [0.5, 0.6) is 0 Å². The third-order valence-electron chi connectivity index (χ3n) is 5.21. The molecule has 1 aromatic carbocycles. The number of furan rings is 1. The number of nitrogens with one attached hydrogen (secondary N) is 1. The molecule has 9 heteroatoms. The molecule has 0 unspecified atom stereocenters. The van der Waals surface area contributed by atoms with Crippen molar-refractivity contribution in [1.29, 1.82) is 0 Å². The van der Waals surface area contributed by atoms with E-state index in [1.807, 2.05) is 12.1 Å². The van der Waals surface area contributed by atoms with Crippen LogP contribution in [0.4, 0.5) is 0 Å². The third kappa shape index (κ3) is 4.26. The van der Waals surface area contributed by atoms with Gasteiger partial charge in [-0.25, -0.2) is 8.42 Å². The van der Waals surface area contributed by atoms with E-state index in [0.717, 1.165) is 5.56 Å². The maximum Gasteiger partial charge on any atom is 0.283 e. The summed E-state index contributed by atoms with van der Waals surface area (Å²) in [4.78, 5) is 1.56. The number of hydrogen-bond acceptors (Lipinski definition) is 6. The quantitative estimate of drug-likeness (QED) is 0.654. The Morgan fingerprint density at radius 3 is 2.45 bits per heavy atom. The van der Waals surface area contributed by atoms with Gasteiger partial charge in [0.15, 0.2) is 12.3 Å². The molecule has 1 N–H and O–H groups in total. The van der Waals surface area contributed by atoms with E-state index >= 15 is 0 Å². The van der Waals surface area contributed by atoms with Crippen molar-refractivity contribution in [3.8, 4) is 11.7 Å². The van der Waals surface area contributed by atoms with E-state index in [2.05, 4.69) is 24.0 Å². The lowest BCUT2D eigenvalue weighted by Crippen LogP contribution is -3.13. The Hall–Kier alpha value is -2.49. The molecular formula is C20H25N4O4S+. The van der Waals surface area contributed by atoms with Gasteiger partial charge in [-0.2, -0.15) is 4.31 Å². The number of sulfonamides is 1. The Morgan fingerprint density at radius 1 is 1.10 bits per heavy atom. The van der Waals surface area contributed by atoms with Gasteiger partial charge >= 0.3 is 0 Å². The van der Waals surface area contributed by atoms with Crippen molar-refractivity contribution >= 4 is 10.0 Å². The molecule has 154 valence electrons. The molecular weight excluding hydrogens is 392 g/mol. The van der Waals surface area contributed by atoms with Crippen LogP contribution in [0.25, 0.3) is 11.7 Å². The van der Waals surface area contributed by atoms with E-state index in [9.17, 15) is 8.42 Å². The molecule has 2 aromatic heterocycles. The highest BCUT2D eigenvalue weighted by molar-refractivity contribution is 7.89. The van der Waals surface area contributed by atoms with Crippen LogP contribution in [-0.4, -0.2) is 49.1 Å². The van der Waals surface area contributed by atoms with Gasteiger partial charge < -0.3 is 13.7 Å². The number of hydrogen-bond donors (Lipinski definition) is 1. The summed E-state index contributed by atoms with van der Waals surface area (Å²) in [6.45, 7) is 7.03. The van der Waals surface area contributed by atoms with Crippen molar-refractivity contribution in [3.63, 3.8) is 0 Å². The van der Waals surface area contributed by atoms with Crippen LogP contribution in [0.1, 0.15) is 31.2 Å². The van der Waals surface area contributed by atoms with Gasteiger partial charge in [-0.05, 0) is 35.7 Å². The molecule has 0 atom stereocenters. The molecule has 3 heterocycles. The molecule has 1 aliphatic heterocycles.